The molecule has 1 aromatic rings. The lowest BCUT2D eigenvalue weighted by atomic mass is 10.2. The van der Waals surface area contributed by atoms with Crippen molar-refractivity contribution >= 4 is 5.69 Å². The van der Waals surface area contributed by atoms with E-state index in [9.17, 15) is 0 Å². The van der Waals surface area contributed by atoms with Crippen LogP contribution in [-0.2, 0) is 6.54 Å². The molecule has 1 aliphatic heterocycles. The van der Waals surface area contributed by atoms with Gasteiger partial charge in [0.15, 0.2) is 0 Å². The van der Waals surface area contributed by atoms with Gasteiger partial charge in [0, 0.05) is 25.3 Å². The number of hydrogen-bond donors (Lipinski definition) is 1. The zero-order chi connectivity index (χ0) is 12.3. The Bertz CT molecular complexity index is 348. The fourth-order valence-corrected chi connectivity index (χ4v) is 2.44. The Hall–Kier alpha value is -1.07. The summed E-state index contributed by atoms with van der Waals surface area (Å²) in [6, 6.07) is 0.725. The van der Waals surface area contributed by atoms with Gasteiger partial charge in [0.1, 0.15) is 0 Å². The van der Waals surface area contributed by atoms with Crippen LogP contribution in [0.2, 0.25) is 0 Å². The van der Waals surface area contributed by atoms with Gasteiger partial charge in [-0.25, -0.2) is 0 Å². The molecule has 2 heterocycles. The first-order chi connectivity index (χ1) is 8.15. The molecule has 1 unspecified atom stereocenters. The number of hydrogen-bond acceptors (Lipinski definition) is 4. The molecular formula is C12H23N5. The Morgan fingerprint density at radius 3 is 3.00 bits per heavy atom. The summed E-state index contributed by atoms with van der Waals surface area (Å²) >= 11 is 0. The Kier molecular flexibility index (Phi) is 4.02. The van der Waals surface area contributed by atoms with Crippen LogP contribution in [0.15, 0.2) is 12.4 Å². The van der Waals surface area contributed by atoms with Gasteiger partial charge in [0.05, 0.1) is 18.4 Å². The van der Waals surface area contributed by atoms with E-state index < -0.39 is 0 Å². The number of nitrogens with zero attached hydrogens (tertiary/aromatic N) is 4. The lowest BCUT2D eigenvalue weighted by Gasteiger charge is -2.25. The summed E-state index contributed by atoms with van der Waals surface area (Å²) in [4.78, 5) is 4.84. The quantitative estimate of drug-likeness (QED) is 0.810. The molecule has 1 aromatic heterocycles. The number of anilines is 1. The molecule has 0 saturated carbocycles. The number of nitrogens with two attached hydrogens (primary N) is 1. The highest BCUT2D eigenvalue weighted by molar-refractivity contribution is 5.30. The topological polar surface area (TPSA) is 50.3 Å². The number of rotatable bonds is 5. The van der Waals surface area contributed by atoms with Crippen molar-refractivity contribution in [2.45, 2.75) is 25.4 Å². The molecular weight excluding hydrogens is 214 g/mol. The fraction of sp³-hybridized carbons (Fsp3) is 0.750. The Morgan fingerprint density at radius 2 is 2.41 bits per heavy atom. The minimum Gasteiger partial charge on any atom is -0.396 e. The van der Waals surface area contributed by atoms with Crippen molar-refractivity contribution in [1.29, 1.82) is 0 Å². The predicted octanol–water partition coefficient (Wildman–Crippen LogP) is 0.491. The highest BCUT2D eigenvalue weighted by Gasteiger charge is 2.21. The molecule has 0 amide bonds. The van der Waals surface area contributed by atoms with Gasteiger partial charge in [0.2, 0.25) is 0 Å². The molecule has 5 heteroatoms. The third kappa shape index (κ3) is 3.44. The normalized spacial score (nSPS) is 21.5. The van der Waals surface area contributed by atoms with Crippen LogP contribution in [0.25, 0.3) is 0 Å². The monoisotopic (exact) mass is 237 g/mol. The lowest BCUT2D eigenvalue weighted by molar-refractivity contribution is 0.214. The van der Waals surface area contributed by atoms with E-state index in [2.05, 4.69) is 29.0 Å². The highest BCUT2D eigenvalue weighted by atomic mass is 15.3. The van der Waals surface area contributed by atoms with Crippen LogP contribution in [0.5, 0.6) is 0 Å². The first kappa shape index (κ1) is 12.4. The second-order valence-corrected chi connectivity index (χ2v) is 5.08. The summed E-state index contributed by atoms with van der Waals surface area (Å²) in [6.07, 6.45) is 6.25. The maximum absolute atomic E-state index is 5.63. The van der Waals surface area contributed by atoms with Crippen LogP contribution in [0.1, 0.15) is 12.8 Å². The van der Waals surface area contributed by atoms with Crippen LogP contribution in [-0.4, -0.2) is 59.4 Å². The van der Waals surface area contributed by atoms with Gasteiger partial charge in [0.25, 0.3) is 0 Å². The van der Waals surface area contributed by atoms with E-state index in [-0.39, 0.29) is 0 Å². The molecule has 0 bridgehead atoms. The fourth-order valence-electron chi connectivity index (χ4n) is 2.44. The van der Waals surface area contributed by atoms with E-state index in [1.54, 1.807) is 6.20 Å². The van der Waals surface area contributed by atoms with Crippen LogP contribution in [0.3, 0.4) is 0 Å². The molecule has 1 atom stereocenters. The highest BCUT2D eigenvalue weighted by Crippen LogP contribution is 2.15. The van der Waals surface area contributed by atoms with Crippen LogP contribution >= 0.6 is 0 Å². The Balaban J connectivity index is 1.72. The van der Waals surface area contributed by atoms with Crippen LogP contribution in [0.4, 0.5) is 5.69 Å². The number of likely N-dealkylation sites (N-methyl/N-ethyl adjacent to an activating group) is 2. The zero-order valence-corrected chi connectivity index (χ0v) is 10.8. The van der Waals surface area contributed by atoms with E-state index >= 15 is 0 Å². The molecule has 1 saturated heterocycles. The lowest BCUT2D eigenvalue weighted by Crippen LogP contribution is -2.37. The maximum atomic E-state index is 5.63. The van der Waals surface area contributed by atoms with Crippen molar-refractivity contribution < 1.29 is 0 Å². The van der Waals surface area contributed by atoms with Gasteiger partial charge < -0.3 is 15.5 Å². The molecule has 0 aromatic carbocycles. The molecule has 96 valence electrons. The Labute approximate surface area is 103 Å². The zero-order valence-electron chi connectivity index (χ0n) is 10.8. The average molecular weight is 237 g/mol. The van der Waals surface area contributed by atoms with E-state index in [4.69, 9.17) is 5.73 Å². The summed E-state index contributed by atoms with van der Waals surface area (Å²) in [5.74, 6) is 0. The largest absolute Gasteiger partial charge is 0.396 e. The number of aromatic nitrogens is 2. The van der Waals surface area contributed by atoms with Crippen molar-refractivity contribution in [2.24, 2.45) is 0 Å². The minimum atomic E-state index is 0.725. The first-order valence-electron chi connectivity index (χ1n) is 6.32. The van der Waals surface area contributed by atoms with Crippen LogP contribution < -0.4 is 5.73 Å². The first-order valence-corrected chi connectivity index (χ1v) is 6.32. The van der Waals surface area contributed by atoms with E-state index in [0.717, 1.165) is 31.4 Å². The standard InChI is InChI=1S/C12H23N5/c1-15(10-12-4-3-5-16(12)2)6-7-17-9-11(13)8-14-17/h8-9,12H,3-7,10,13H2,1-2H3. The molecule has 5 nitrogen and oxygen atoms in total. The van der Waals surface area contributed by atoms with Crippen molar-refractivity contribution in [3.05, 3.63) is 12.4 Å². The molecule has 17 heavy (non-hydrogen) atoms. The van der Waals surface area contributed by atoms with Gasteiger partial charge in [-0.15, -0.1) is 0 Å². The molecule has 2 rings (SSSR count). The van der Waals surface area contributed by atoms with Gasteiger partial charge in [-0.2, -0.15) is 5.10 Å². The second-order valence-electron chi connectivity index (χ2n) is 5.08. The minimum absolute atomic E-state index is 0.725. The molecule has 1 fully saturated rings. The third-order valence-electron chi connectivity index (χ3n) is 3.56. The SMILES string of the molecule is CN(CCn1cc(N)cn1)CC1CCCN1C. The van der Waals surface area contributed by atoms with Crippen molar-refractivity contribution in [2.75, 3.05) is 39.5 Å². The van der Waals surface area contributed by atoms with Crippen LogP contribution in [0, 0.1) is 0 Å². The predicted molar refractivity (Wildman–Crippen MR) is 69.8 cm³/mol. The van der Waals surface area contributed by atoms with Gasteiger partial charge in [-0.3, -0.25) is 4.68 Å². The van der Waals surface area contributed by atoms with Crippen molar-refractivity contribution in [1.82, 2.24) is 19.6 Å². The summed E-state index contributed by atoms with van der Waals surface area (Å²) in [7, 11) is 4.40. The molecule has 0 aliphatic carbocycles. The molecule has 0 radical (unpaired) electrons. The van der Waals surface area contributed by atoms with E-state index in [1.807, 2.05) is 10.9 Å². The number of nitrogen functional groups attached to an aromatic ring is 1. The van der Waals surface area contributed by atoms with Crippen molar-refractivity contribution in [3.8, 4) is 0 Å². The summed E-state index contributed by atoms with van der Waals surface area (Å²) in [5, 5.41) is 4.19. The number of likely N-dealkylation sites (tertiary alicyclic amines) is 1. The van der Waals surface area contributed by atoms with E-state index in [1.165, 1.54) is 19.4 Å². The average Bonchev–Trinajstić information content (AvgIpc) is 2.86. The van der Waals surface area contributed by atoms with E-state index in [0.29, 0.717) is 0 Å². The van der Waals surface area contributed by atoms with Gasteiger partial charge >= 0.3 is 0 Å². The third-order valence-corrected chi connectivity index (χ3v) is 3.56. The summed E-state index contributed by atoms with van der Waals surface area (Å²) in [6.45, 7) is 4.32. The summed E-state index contributed by atoms with van der Waals surface area (Å²) < 4.78 is 1.91. The Morgan fingerprint density at radius 1 is 1.59 bits per heavy atom. The maximum Gasteiger partial charge on any atom is 0.0719 e. The van der Waals surface area contributed by atoms with Crippen molar-refractivity contribution in [3.63, 3.8) is 0 Å². The van der Waals surface area contributed by atoms with Gasteiger partial charge in [-0.1, -0.05) is 0 Å². The molecule has 2 N–H and O–H groups in total. The molecule has 1 aliphatic rings. The smallest absolute Gasteiger partial charge is 0.0719 e. The summed E-state index contributed by atoms with van der Waals surface area (Å²) in [5.41, 5.74) is 6.37. The molecule has 0 spiro atoms. The van der Waals surface area contributed by atoms with Gasteiger partial charge in [-0.05, 0) is 33.5 Å². The second kappa shape index (κ2) is 5.51.